The minimum Gasteiger partial charge on any atom is -0.504 e. The average molecular weight is 787 g/mol. The lowest BCUT2D eigenvalue weighted by atomic mass is 10.0. The molecule has 0 aliphatic carbocycles. The van der Waals surface area contributed by atoms with E-state index >= 15 is 0 Å². The number of ether oxygens (including phenoxy) is 6. The summed E-state index contributed by atoms with van der Waals surface area (Å²) < 4.78 is 79.6. The summed E-state index contributed by atoms with van der Waals surface area (Å²) in [6, 6.07) is 9.26. The van der Waals surface area contributed by atoms with Crippen LogP contribution in [0.3, 0.4) is 0 Å². The molecular formula is C35H51N2O14PS. The van der Waals surface area contributed by atoms with Crippen molar-refractivity contribution >= 4 is 29.5 Å². The Morgan fingerprint density at radius 3 is 2.45 bits per heavy atom. The summed E-state index contributed by atoms with van der Waals surface area (Å²) in [7, 11) is -6.24. The van der Waals surface area contributed by atoms with Gasteiger partial charge in [0.2, 0.25) is 17.4 Å². The maximum atomic E-state index is 13.8. The van der Waals surface area contributed by atoms with E-state index in [1.165, 1.54) is 32.8 Å². The average Bonchev–Trinajstić information content (AvgIpc) is 3.72. The van der Waals surface area contributed by atoms with Crippen molar-refractivity contribution in [1.82, 2.24) is 9.62 Å². The van der Waals surface area contributed by atoms with Crippen molar-refractivity contribution in [2.45, 2.75) is 76.1 Å². The number of carbonyl (C=O) groups is 2. The molecule has 0 bridgehead atoms. The molecule has 16 nitrogen and oxygen atoms in total. The second kappa shape index (κ2) is 18.7. The lowest BCUT2D eigenvalue weighted by molar-refractivity contribution is -0.150. The third-order valence-corrected chi connectivity index (χ3v) is 11.8. The summed E-state index contributed by atoms with van der Waals surface area (Å²) in [6.07, 6.45) is -3.88. The molecule has 4 rings (SSSR count). The van der Waals surface area contributed by atoms with Crippen molar-refractivity contribution in [2.75, 3.05) is 53.0 Å². The molecule has 1 amide bonds. The molecule has 2 aliphatic rings. The van der Waals surface area contributed by atoms with Crippen LogP contribution >= 0.6 is 7.37 Å². The van der Waals surface area contributed by atoms with Crippen molar-refractivity contribution in [2.24, 2.45) is 11.8 Å². The molecule has 53 heavy (non-hydrogen) atoms. The number of phenols is 1. The first-order valence-corrected chi connectivity index (χ1v) is 21.1. The fraction of sp³-hybridized carbons (Fsp3) is 0.600. The normalized spacial score (nSPS) is 21.3. The third kappa shape index (κ3) is 11.8. The van der Waals surface area contributed by atoms with Crippen LogP contribution in [0.1, 0.15) is 39.7 Å². The van der Waals surface area contributed by atoms with E-state index < -0.39 is 66.6 Å². The highest BCUT2D eigenvalue weighted by atomic mass is 32.2. The molecule has 0 saturated carbocycles. The molecule has 2 unspecified atom stereocenters. The van der Waals surface area contributed by atoms with Gasteiger partial charge in [0.15, 0.2) is 30.2 Å². The molecule has 2 saturated heterocycles. The summed E-state index contributed by atoms with van der Waals surface area (Å²) in [5.41, 5.74) is 0.639. The Labute approximate surface area is 310 Å². The van der Waals surface area contributed by atoms with E-state index in [9.17, 15) is 32.8 Å². The number of nitrogens with one attached hydrogen (secondary N) is 1. The van der Waals surface area contributed by atoms with Gasteiger partial charge in [-0.25, -0.2) is 18.0 Å². The maximum Gasteiger partial charge on any atom is 0.407 e. The highest BCUT2D eigenvalue weighted by Crippen LogP contribution is 2.44. The van der Waals surface area contributed by atoms with Crippen LogP contribution in [0.15, 0.2) is 47.4 Å². The van der Waals surface area contributed by atoms with E-state index in [-0.39, 0.29) is 60.8 Å². The molecule has 0 aromatic heterocycles. The standard InChI is InChI=1S/C35H51N2O14PS/c1-7-46-33(40)23(4)51-52(6,42)21-49-25-10-8-24(9-11-25)16-28(36-35(41)50-32-20-48-34-27(32)14-15-47-34)30(39)19-37(18-22(2)3)53(43,44)26-12-13-31(45-5)29(38)17-26/h8-13,17,22-23,27-28,30,32,34,38-39H,7,14-16,18-21H2,1-6H3,(H,36,41)/t23?,27-,28-,30+,32-,34+,52?/m0/s1. The van der Waals surface area contributed by atoms with Gasteiger partial charge in [0.25, 0.3) is 0 Å². The van der Waals surface area contributed by atoms with Gasteiger partial charge < -0.3 is 48.5 Å². The number of benzene rings is 2. The number of amides is 1. The number of aliphatic hydroxyl groups excluding tert-OH is 1. The zero-order chi connectivity index (χ0) is 38.9. The predicted octanol–water partition coefficient (Wildman–Crippen LogP) is 3.72. The van der Waals surface area contributed by atoms with Gasteiger partial charge in [-0.15, -0.1) is 0 Å². The highest BCUT2D eigenvalue weighted by molar-refractivity contribution is 7.89. The van der Waals surface area contributed by atoms with Crippen molar-refractivity contribution in [1.29, 1.82) is 0 Å². The first kappa shape index (κ1) is 42.3. The summed E-state index contributed by atoms with van der Waals surface area (Å²) in [6.45, 7) is 8.53. The molecule has 0 radical (unpaired) electrons. The molecule has 296 valence electrons. The minimum absolute atomic E-state index is 0.0292. The van der Waals surface area contributed by atoms with Gasteiger partial charge in [-0.3, -0.25) is 4.57 Å². The van der Waals surface area contributed by atoms with E-state index in [0.717, 1.165) is 10.4 Å². The Bertz CT molecular complexity index is 1690. The van der Waals surface area contributed by atoms with Gasteiger partial charge in [0, 0.05) is 25.8 Å². The van der Waals surface area contributed by atoms with Gasteiger partial charge in [0.05, 0.1) is 49.9 Å². The monoisotopic (exact) mass is 786 g/mol. The first-order valence-electron chi connectivity index (χ1n) is 17.4. The van der Waals surface area contributed by atoms with Gasteiger partial charge in [-0.2, -0.15) is 4.31 Å². The minimum atomic E-state index is -4.23. The Hall–Kier alpha value is -3.44. The predicted molar refractivity (Wildman–Crippen MR) is 192 cm³/mol. The van der Waals surface area contributed by atoms with Crippen molar-refractivity contribution in [3.05, 3.63) is 48.0 Å². The highest BCUT2D eigenvalue weighted by Gasteiger charge is 2.44. The number of fused-ring (bicyclic) bond motifs is 1. The topological polar surface area (TPSA) is 206 Å². The first-order chi connectivity index (χ1) is 25.0. The Balaban J connectivity index is 1.50. The number of sulfonamides is 1. The van der Waals surface area contributed by atoms with Crippen molar-refractivity contribution < 1.29 is 65.7 Å². The Kier molecular flexibility index (Phi) is 15.0. The molecule has 3 N–H and O–H groups in total. The SMILES string of the molecule is CCOC(=O)C(C)OP(C)(=O)COc1ccc(C[C@H](NC(=O)O[C@H]2CO[C@H]3OCC[C@H]32)[C@H](O)CN(CC(C)C)S(=O)(=O)c2ccc(OC)c(O)c2)cc1. The molecule has 0 spiro atoms. The van der Waals surface area contributed by atoms with E-state index in [1.54, 1.807) is 31.2 Å². The number of hydrogen-bond acceptors (Lipinski definition) is 14. The van der Waals surface area contributed by atoms with Crippen LogP contribution < -0.4 is 14.8 Å². The number of rotatable bonds is 19. The van der Waals surface area contributed by atoms with E-state index in [4.69, 9.17) is 32.9 Å². The third-order valence-electron chi connectivity index (χ3n) is 8.60. The number of nitrogens with zero attached hydrogens (tertiary/aromatic N) is 1. The smallest absolute Gasteiger partial charge is 0.407 e. The van der Waals surface area contributed by atoms with Gasteiger partial charge in [-0.05, 0) is 62.4 Å². The number of alkyl carbamates (subject to hydrolysis) is 1. The van der Waals surface area contributed by atoms with Gasteiger partial charge in [-0.1, -0.05) is 26.0 Å². The summed E-state index contributed by atoms with van der Waals surface area (Å²) in [5, 5.41) is 24.7. The van der Waals surface area contributed by atoms with Crippen LogP contribution in [-0.2, 0) is 49.3 Å². The fourth-order valence-corrected chi connectivity index (χ4v) is 8.82. The van der Waals surface area contributed by atoms with Crippen LogP contribution in [0, 0.1) is 11.8 Å². The summed E-state index contributed by atoms with van der Waals surface area (Å²) in [5.74, 6) is -0.817. The largest absolute Gasteiger partial charge is 0.504 e. The summed E-state index contributed by atoms with van der Waals surface area (Å²) >= 11 is 0. The van der Waals surface area contributed by atoms with Gasteiger partial charge in [0.1, 0.15) is 11.9 Å². The van der Waals surface area contributed by atoms with Crippen LogP contribution in [0.2, 0.25) is 0 Å². The Morgan fingerprint density at radius 2 is 1.81 bits per heavy atom. The number of aliphatic hydroxyl groups is 1. The molecule has 2 aromatic rings. The fourth-order valence-electron chi connectivity index (χ4n) is 5.98. The number of esters is 1. The zero-order valence-electron chi connectivity index (χ0n) is 30.8. The van der Waals surface area contributed by atoms with E-state index in [0.29, 0.717) is 24.3 Å². The van der Waals surface area contributed by atoms with Crippen molar-refractivity contribution in [3.63, 3.8) is 0 Å². The van der Waals surface area contributed by atoms with E-state index in [2.05, 4.69) is 5.32 Å². The van der Waals surface area contributed by atoms with Crippen LogP contribution in [0.5, 0.6) is 17.2 Å². The molecule has 7 atom stereocenters. The Morgan fingerprint density at radius 1 is 1.09 bits per heavy atom. The van der Waals surface area contributed by atoms with Crippen LogP contribution in [0.4, 0.5) is 4.79 Å². The van der Waals surface area contributed by atoms with Crippen LogP contribution in [-0.4, -0.2) is 119 Å². The van der Waals surface area contributed by atoms with E-state index in [1.807, 2.05) is 13.8 Å². The molecule has 18 heteroatoms. The lowest BCUT2D eigenvalue weighted by Crippen LogP contribution is -2.51. The van der Waals surface area contributed by atoms with Crippen molar-refractivity contribution in [3.8, 4) is 17.2 Å². The lowest BCUT2D eigenvalue weighted by Gasteiger charge is -2.31. The van der Waals surface area contributed by atoms with Gasteiger partial charge >= 0.3 is 12.1 Å². The number of aromatic hydroxyl groups is 1. The summed E-state index contributed by atoms with van der Waals surface area (Å²) in [4.78, 5) is 25.0. The number of hydrogen-bond donors (Lipinski definition) is 3. The zero-order valence-corrected chi connectivity index (χ0v) is 32.5. The number of methoxy groups -OCH3 is 1. The maximum absolute atomic E-state index is 13.8. The molecule has 2 aromatic carbocycles. The number of phenolic OH excluding ortho intramolecular Hbond substituents is 1. The molecule has 2 fully saturated rings. The second-order valence-corrected chi connectivity index (χ2v) is 17.9. The second-order valence-electron chi connectivity index (χ2n) is 13.5. The molecule has 2 aliphatic heterocycles. The van der Waals surface area contributed by atoms with Crippen LogP contribution in [0.25, 0.3) is 0 Å². The quantitative estimate of drug-likeness (QED) is 0.137. The molecular weight excluding hydrogens is 735 g/mol. The molecule has 2 heterocycles. The number of carbonyl (C=O) groups excluding carboxylic acids is 2.